The molecule has 0 saturated carbocycles. The lowest BCUT2D eigenvalue weighted by Gasteiger charge is -2.28. The van der Waals surface area contributed by atoms with Crippen LogP contribution in [0.4, 0.5) is 0 Å². The van der Waals surface area contributed by atoms with Crippen LogP contribution in [0.2, 0.25) is 0 Å². The molecular formula is C20H14Br2O2. The van der Waals surface area contributed by atoms with Crippen LogP contribution in [0.15, 0.2) is 63.5 Å². The Morgan fingerprint density at radius 3 is 2.46 bits per heavy atom. The van der Waals surface area contributed by atoms with Crippen molar-refractivity contribution in [3.8, 4) is 0 Å². The van der Waals surface area contributed by atoms with Gasteiger partial charge >= 0.3 is 0 Å². The zero-order valence-corrected chi connectivity index (χ0v) is 15.8. The highest BCUT2D eigenvalue weighted by Crippen LogP contribution is 2.33. The molecule has 0 saturated heterocycles. The highest BCUT2D eigenvalue weighted by Gasteiger charge is 2.32. The van der Waals surface area contributed by atoms with Gasteiger partial charge in [-0.2, -0.15) is 0 Å². The summed E-state index contributed by atoms with van der Waals surface area (Å²) in [6, 6.07) is 17.8. The fourth-order valence-electron chi connectivity index (χ4n) is 3.33. The molecule has 3 aromatic rings. The third kappa shape index (κ3) is 2.64. The van der Waals surface area contributed by atoms with Crippen molar-refractivity contribution in [2.45, 2.75) is 12.2 Å². The molecule has 0 spiro atoms. The van der Waals surface area contributed by atoms with E-state index in [0.29, 0.717) is 5.57 Å². The van der Waals surface area contributed by atoms with Gasteiger partial charge in [0, 0.05) is 20.9 Å². The maximum absolute atomic E-state index is 10.7. The molecule has 2 nitrogen and oxygen atoms in total. The largest absolute Gasteiger partial charge is 0.362 e. The second kappa shape index (κ2) is 5.81. The van der Waals surface area contributed by atoms with Crippen molar-refractivity contribution in [2.24, 2.45) is 0 Å². The number of aliphatic hydroxyl groups is 2. The maximum atomic E-state index is 10.7. The molecule has 0 aromatic heterocycles. The van der Waals surface area contributed by atoms with Crippen LogP contribution >= 0.6 is 31.9 Å². The summed E-state index contributed by atoms with van der Waals surface area (Å²) in [6.45, 7) is 0. The second-order valence-corrected chi connectivity index (χ2v) is 7.83. The Kier molecular flexibility index (Phi) is 3.88. The number of rotatable bonds is 1. The molecule has 0 aliphatic heterocycles. The standard InChI is InChI=1S/C20H14Br2O2/c21-14-4-6-16-12(10-14)2-1-3-18(16)19-17-7-5-15(22)11-13(17)8-9-20(19,23)24/h1-8,10-11,23-24H,9H2. The molecule has 3 aromatic carbocycles. The van der Waals surface area contributed by atoms with Crippen LogP contribution < -0.4 is 10.4 Å². The Bertz CT molecular complexity index is 1080. The van der Waals surface area contributed by atoms with Crippen molar-refractivity contribution in [3.63, 3.8) is 0 Å². The number of benzene rings is 3. The molecular weight excluding hydrogens is 432 g/mol. The predicted octanol–water partition coefficient (Wildman–Crippen LogP) is 3.43. The summed E-state index contributed by atoms with van der Waals surface area (Å²) in [6.07, 6.45) is 2.03. The first-order valence-electron chi connectivity index (χ1n) is 7.60. The normalized spacial score (nSPS) is 15.9. The molecule has 4 rings (SSSR count). The van der Waals surface area contributed by atoms with E-state index < -0.39 is 5.79 Å². The summed E-state index contributed by atoms with van der Waals surface area (Å²) in [5.41, 5.74) is 1.40. The van der Waals surface area contributed by atoms with Crippen LogP contribution in [0.25, 0.3) is 22.4 Å². The summed E-state index contributed by atoms with van der Waals surface area (Å²) >= 11 is 6.98. The fraction of sp³-hybridized carbons (Fsp3) is 0.100. The number of halogens is 2. The Morgan fingerprint density at radius 1 is 0.875 bits per heavy atom. The van der Waals surface area contributed by atoms with Gasteiger partial charge < -0.3 is 10.2 Å². The van der Waals surface area contributed by atoms with Crippen LogP contribution in [0.1, 0.15) is 12.0 Å². The molecule has 0 atom stereocenters. The highest BCUT2D eigenvalue weighted by atomic mass is 79.9. The Balaban J connectivity index is 2.16. The van der Waals surface area contributed by atoms with Crippen molar-refractivity contribution in [1.82, 2.24) is 0 Å². The molecule has 120 valence electrons. The van der Waals surface area contributed by atoms with E-state index in [1.807, 2.05) is 60.7 Å². The lowest BCUT2D eigenvalue weighted by Crippen LogP contribution is -2.43. The molecule has 1 aliphatic rings. The van der Waals surface area contributed by atoms with Crippen LogP contribution in [-0.2, 0) is 0 Å². The molecule has 0 unspecified atom stereocenters. The first kappa shape index (κ1) is 16.0. The average Bonchev–Trinajstić information content (AvgIpc) is 2.54. The van der Waals surface area contributed by atoms with Gasteiger partial charge in [-0.25, -0.2) is 0 Å². The van der Waals surface area contributed by atoms with Crippen molar-refractivity contribution in [3.05, 3.63) is 79.5 Å². The van der Waals surface area contributed by atoms with Gasteiger partial charge in [0.25, 0.3) is 0 Å². The lowest BCUT2D eigenvalue weighted by atomic mass is 9.86. The molecule has 2 N–H and O–H groups in total. The van der Waals surface area contributed by atoms with E-state index >= 15 is 0 Å². The van der Waals surface area contributed by atoms with Gasteiger partial charge in [-0.1, -0.05) is 68.3 Å². The molecule has 24 heavy (non-hydrogen) atoms. The van der Waals surface area contributed by atoms with E-state index in [2.05, 4.69) is 31.9 Å². The summed E-state index contributed by atoms with van der Waals surface area (Å²) in [5.74, 6) is -1.89. The maximum Gasteiger partial charge on any atom is 0.194 e. The van der Waals surface area contributed by atoms with E-state index in [0.717, 1.165) is 35.7 Å². The minimum absolute atomic E-state index is 0.165. The molecule has 0 amide bonds. The second-order valence-electron chi connectivity index (χ2n) is 6.00. The SMILES string of the molecule is OC1(O)CC=c2cc(Br)ccc2=C1c1cccc2cc(Br)ccc12. The lowest BCUT2D eigenvalue weighted by molar-refractivity contribution is -0.103. The zero-order valence-electron chi connectivity index (χ0n) is 12.6. The quantitative estimate of drug-likeness (QED) is 0.563. The van der Waals surface area contributed by atoms with E-state index in [-0.39, 0.29) is 6.42 Å². The van der Waals surface area contributed by atoms with Crippen molar-refractivity contribution >= 4 is 54.3 Å². The van der Waals surface area contributed by atoms with Gasteiger partial charge in [0.05, 0.1) is 0 Å². The Hall–Kier alpha value is -1.46. The summed E-state index contributed by atoms with van der Waals surface area (Å²) in [5, 5.41) is 25.3. The molecule has 0 heterocycles. The third-order valence-electron chi connectivity index (χ3n) is 4.40. The Morgan fingerprint density at radius 2 is 1.62 bits per heavy atom. The molecule has 0 radical (unpaired) electrons. The first-order chi connectivity index (χ1) is 11.5. The average molecular weight is 446 g/mol. The van der Waals surface area contributed by atoms with Gasteiger partial charge in [-0.3, -0.25) is 0 Å². The Labute approximate surface area is 156 Å². The minimum atomic E-state index is -1.89. The molecule has 0 fully saturated rings. The monoisotopic (exact) mass is 444 g/mol. The number of hydrogen-bond donors (Lipinski definition) is 2. The smallest absolute Gasteiger partial charge is 0.194 e. The van der Waals surface area contributed by atoms with Gasteiger partial charge in [0.15, 0.2) is 5.79 Å². The fourth-order valence-corrected chi connectivity index (χ4v) is 4.09. The summed E-state index contributed by atoms with van der Waals surface area (Å²) in [4.78, 5) is 0. The van der Waals surface area contributed by atoms with E-state index in [4.69, 9.17) is 0 Å². The topological polar surface area (TPSA) is 40.5 Å². The van der Waals surface area contributed by atoms with Gasteiger partial charge in [0.1, 0.15) is 0 Å². The van der Waals surface area contributed by atoms with Crippen LogP contribution in [-0.4, -0.2) is 16.0 Å². The van der Waals surface area contributed by atoms with Crippen LogP contribution in [0.3, 0.4) is 0 Å². The van der Waals surface area contributed by atoms with Crippen LogP contribution in [0.5, 0.6) is 0 Å². The van der Waals surface area contributed by atoms with E-state index in [1.54, 1.807) is 0 Å². The van der Waals surface area contributed by atoms with Gasteiger partial charge in [-0.05, 0) is 51.0 Å². The number of hydrogen-bond acceptors (Lipinski definition) is 2. The van der Waals surface area contributed by atoms with Gasteiger partial charge in [0.2, 0.25) is 0 Å². The molecule has 1 aliphatic carbocycles. The first-order valence-corrected chi connectivity index (χ1v) is 9.18. The third-order valence-corrected chi connectivity index (χ3v) is 5.39. The van der Waals surface area contributed by atoms with Gasteiger partial charge in [-0.15, -0.1) is 0 Å². The van der Waals surface area contributed by atoms with Crippen molar-refractivity contribution < 1.29 is 10.2 Å². The van der Waals surface area contributed by atoms with Crippen molar-refractivity contribution in [2.75, 3.05) is 0 Å². The van der Waals surface area contributed by atoms with Crippen LogP contribution in [0, 0.1) is 0 Å². The minimum Gasteiger partial charge on any atom is -0.362 e. The predicted molar refractivity (Wildman–Crippen MR) is 104 cm³/mol. The summed E-state index contributed by atoms with van der Waals surface area (Å²) < 4.78 is 1.97. The molecule has 4 heteroatoms. The highest BCUT2D eigenvalue weighted by molar-refractivity contribution is 9.10. The number of fused-ring (bicyclic) bond motifs is 2. The zero-order chi connectivity index (χ0) is 16.9. The van der Waals surface area contributed by atoms with E-state index in [1.165, 1.54) is 0 Å². The summed E-state index contributed by atoms with van der Waals surface area (Å²) in [7, 11) is 0. The molecule has 0 bridgehead atoms. The van der Waals surface area contributed by atoms with E-state index in [9.17, 15) is 10.2 Å². The van der Waals surface area contributed by atoms with Crippen molar-refractivity contribution in [1.29, 1.82) is 0 Å².